The number of carbonyl (C=O) groups excluding carboxylic acids is 1. The molecule has 2 aromatic rings. The molecule has 0 aliphatic rings. The van der Waals surface area contributed by atoms with Gasteiger partial charge in [-0.15, -0.1) is 0 Å². The first kappa shape index (κ1) is 16.2. The van der Waals surface area contributed by atoms with Crippen LogP contribution in [0.3, 0.4) is 0 Å². The van der Waals surface area contributed by atoms with Crippen LogP contribution in [0.4, 0.5) is 4.39 Å². The van der Waals surface area contributed by atoms with Gasteiger partial charge in [0.05, 0.1) is 24.3 Å². The first-order valence-electron chi connectivity index (χ1n) is 6.44. The molecule has 2 rings (SSSR count). The molecule has 3 nitrogen and oxygen atoms in total. The van der Waals surface area contributed by atoms with Crippen LogP contribution in [-0.2, 0) is 0 Å². The van der Waals surface area contributed by atoms with Crippen LogP contribution in [0.5, 0.6) is 11.5 Å². The number of allylic oxidation sites excluding steroid dienone is 1. The first-order valence-corrected chi connectivity index (χ1v) is 7.24. The van der Waals surface area contributed by atoms with Gasteiger partial charge in [0.25, 0.3) is 0 Å². The molecule has 22 heavy (non-hydrogen) atoms. The summed E-state index contributed by atoms with van der Waals surface area (Å²) in [5.74, 6) is 0.465. The molecule has 0 unspecified atom stereocenters. The molecule has 0 aromatic heterocycles. The summed E-state index contributed by atoms with van der Waals surface area (Å²) in [4.78, 5) is 12.3. The zero-order chi connectivity index (χ0) is 16.1. The minimum Gasteiger partial charge on any atom is -0.497 e. The summed E-state index contributed by atoms with van der Waals surface area (Å²) < 4.78 is 23.8. The molecule has 0 bridgehead atoms. The van der Waals surface area contributed by atoms with Gasteiger partial charge in [0.15, 0.2) is 5.78 Å². The van der Waals surface area contributed by atoms with Crippen molar-refractivity contribution in [2.24, 2.45) is 0 Å². The number of carbonyl (C=O) groups is 1. The summed E-state index contributed by atoms with van der Waals surface area (Å²) in [5.41, 5.74) is 1.11. The SMILES string of the molecule is COc1ccc(OC)c(C(=O)/C=C/c2ccc(F)c(Br)c2)c1. The Balaban J connectivity index is 2.28. The minimum atomic E-state index is -0.349. The van der Waals surface area contributed by atoms with E-state index in [2.05, 4.69) is 15.9 Å². The maximum Gasteiger partial charge on any atom is 0.189 e. The molecule has 0 spiro atoms. The normalized spacial score (nSPS) is 10.7. The first-order chi connectivity index (χ1) is 10.5. The zero-order valence-corrected chi connectivity index (χ0v) is 13.7. The summed E-state index contributed by atoms with van der Waals surface area (Å²) >= 11 is 3.11. The van der Waals surface area contributed by atoms with Gasteiger partial charge in [-0.1, -0.05) is 12.1 Å². The quantitative estimate of drug-likeness (QED) is 0.578. The molecule has 0 aliphatic heterocycles. The van der Waals surface area contributed by atoms with E-state index in [1.165, 1.54) is 26.4 Å². The third-order valence-corrected chi connectivity index (χ3v) is 3.65. The second-order valence-electron chi connectivity index (χ2n) is 4.44. The van der Waals surface area contributed by atoms with E-state index in [0.29, 0.717) is 27.1 Å². The molecule has 0 fully saturated rings. The van der Waals surface area contributed by atoms with Crippen LogP contribution in [0.1, 0.15) is 15.9 Å². The second-order valence-corrected chi connectivity index (χ2v) is 5.29. The lowest BCUT2D eigenvalue weighted by Crippen LogP contribution is -1.99. The van der Waals surface area contributed by atoms with Crippen LogP contribution in [-0.4, -0.2) is 20.0 Å². The Kier molecular flexibility index (Phi) is 5.33. The van der Waals surface area contributed by atoms with Gasteiger partial charge in [-0.25, -0.2) is 4.39 Å². The van der Waals surface area contributed by atoms with Crippen molar-refractivity contribution < 1.29 is 18.7 Å². The minimum absolute atomic E-state index is 0.226. The van der Waals surface area contributed by atoms with Gasteiger partial charge >= 0.3 is 0 Å². The molecule has 0 heterocycles. The van der Waals surface area contributed by atoms with Crippen LogP contribution >= 0.6 is 15.9 Å². The van der Waals surface area contributed by atoms with Crippen molar-refractivity contribution in [2.75, 3.05) is 14.2 Å². The fourth-order valence-electron chi connectivity index (χ4n) is 1.88. The lowest BCUT2D eigenvalue weighted by molar-refractivity contribution is 0.104. The molecule has 0 saturated carbocycles. The number of hydrogen-bond donors (Lipinski definition) is 0. The van der Waals surface area contributed by atoms with E-state index in [-0.39, 0.29) is 11.6 Å². The van der Waals surface area contributed by atoms with Crippen LogP contribution < -0.4 is 9.47 Å². The molecule has 0 aliphatic carbocycles. The predicted octanol–water partition coefficient (Wildman–Crippen LogP) is 4.50. The standard InChI is InChI=1S/C17H14BrFO3/c1-21-12-5-8-17(22-2)13(10-12)16(20)7-4-11-3-6-15(19)14(18)9-11/h3-10H,1-2H3/b7-4+. The maximum absolute atomic E-state index is 13.2. The smallest absolute Gasteiger partial charge is 0.189 e. The maximum atomic E-state index is 13.2. The highest BCUT2D eigenvalue weighted by Crippen LogP contribution is 2.25. The van der Waals surface area contributed by atoms with Crippen molar-refractivity contribution in [1.29, 1.82) is 0 Å². The molecule has 0 radical (unpaired) electrons. The molecular formula is C17H14BrFO3. The predicted molar refractivity (Wildman–Crippen MR) is 87.0 cm³/mol. The number of methoxy groups -OCH3 is 2. The van der Waals surface area contributed by atoms with Gasteiger partial charge in [-0.05, 0) is 57.9 Å². The van der Waals surface area contributed by atoms with Gasteiger partial charge in [-0.2, -0.15) is 0 Å². The van der Waals surface area contributed by atoms with Crippen molar-refractivity contribution in [1.82, 2.24) is 0 Å². The summed E-state index contributed by atoms with van der Waals surface area (Å²) in [6.07, 6.45) is 3.03. The Morgan fingerprint density at radius 2 is 1.91 bits per heavy atom. The fraction of sp³-hybridized carbons (Fsp3) is 0.118. The molecule has 0 saturated heterocycles. The lowest BCUT2D eigenvalue weighted by Gasteiger charge is -2.07. The fourth-order valence-corrected chi connectivity index (χ4v) is 2.28. The van der Waals surface area contributed by atoms with Crippen LogP contribution in [0.2, 0.25) is 0 Å². The van der Waals surface area contributed by atoms with Crippen LogP contribution in [0.25, 0.3) is 6.08 Å². The van der Waals surface area contributed by atoms with Crippen molar-refractivity contribution in [3.63, 3.8) is 0 Å². The highest BCUT2D eigenvalue weighted by molar-refractivity contribution is 9.10. The zero-order valence-electron chi connectivity index (χ0n) is 12.1. The van der Waals surface area contributed by atoms with E-state index in [0.717, 1.165) is 0 Å². The Hall–Kier alpha value is -2.14. The highest BCUT2D eigenvalue weighted by Gasteiger charge is 2.11. The number of ketones is 1. The molecule has 0 amide bonds. The second kappa shape index (κ2) is 7.22. The summed E-state index contributed by atoms with van der Waals surface area (Å²) in [7, 11) is 3.03. The Morgan fingerprint density at radius 1 is 1.14 bits per heavy atom. The third-order valence-electron chi connectivity index (χ3n) is 3.04. The van der Waals surface area contributed by atoms with Crippen molar-refractivity contribution in [3.05, 3.63) is 63.9 Å². The van der Waals surface area contributed by atoms with Crippen LogP contribution in [0.15, 0.2) is 46.9 Å². The molecule has 0 atom stereocenters. The van der Waals surface area contributed by atoms with Crippen molar-refractivity contribution >= 4 is 27.8 Å². The summed E-state index contributed by atoms with van der Waals surface area (Å²) in [6.45, 7) is 0. The summed E-state index contributed by atoms with van der Waals surface area (Å²) in [5, 5.41) is 0. The number of halogens is 2. The van der Waals surface area contributed by atoms with Gasteiger partial charge in [-0.3, -0.25) is 4.79 Å². The number of hydrogen-bond acceptors (Lipinski definition) is 3. The average molecular weight is 365 g/mol. The van der Waals surface area contributed by atoms with E-state index in [1.54, 1.807) is 36.4 Å². The molecule has 2 aromatic carbocycles. The largest absolute Gasteiger partial charge is 0.497 e. The van der Waals surface area contributed by atoms with Gasteiger partial charge in [0.2, 0.25) is 0 Å². The number of ether oxygens (including phenoxy) is 2. The van der Waals surface area contributed by atoms with E-state index in [4.69, 9.17) is 9.47 Å². The Labute approximate surface area is 136 Å². The molecule has 5 heteroatoms. The van der Waals surface area contributed by atoms with E-state index in [9.17, 15) is 9.18 Å². The van der Waals surface area contributed by atoms with Crippen molar-refractivity contribution in [3.8, 4) is 11.5 Å². The van der Waals surface area contributed by atoms with E-state index < -0.39 is 0 Å². The van der Waals surface area contributed by atoms with Crippen LogP contribution in [0, 0.1) is 5.82 Å². The molecule has 0 N–H and O–H groups in total. The van der Waals surface area contributed by atoms with E-state index >= 15 is 0 Å². The van der Waals surface area contributed by atoms with E-state index in [1.807, 2.05) is 0 Å². The topological polar surface area (TPSA) is 35.5 Å². The average Bonchev–Trinajstić information content (AvgIpc) is 2.55. The van der Waals surface area contributed by atoms with Crippen molar-refractivity contribution in [2.45, 2.75) is 0 Å². The summed E-state index contributed by atoms with van der Waals surface area (Å²) in [6, 6.07) is 9.53. The molecular weight excluding hydrogens is 351 g/mol. The molecule has 114 valence electrons. The lowest BCUT2D eigenvalue weighted by atomic mass is 10.1. The van der Waals surface area contributed by atoms with Gasteiger partial charge in [0, 0.05) is 0 Å². The number of benzene rings is 2. The Morgan fingerprint density at radius 3 is 2.55 bits per heavy atom. The Bertz CT molecular complexity index is 726. The third kappa shape index (κ3) is 3.74. The monoisotopic (exact) mass is 364 g/mol. The highest BCUT2D eigenvalue weighted by atomic mass is 79.9. The van der Waals surface area contributed by atoms with Gasteiger partial charge in [0.1, 0.15) is 17.3 Å². The number of rotatable bonds is 5. The van der Waals surface area contributed by atoms with Gasteiger partial charge < -0.3 is 9.47 Å².